The Labute approximate surface area is 210 Å². The molecule has 0 radical (unpaired) electrons. The van der Waals surface area contributed by atoms with E-state index in [1.807, 2.05) is 13.8 Å². The minimum Gasteiger partial charge on any atom is -0.481 e. The molecule has 9 nitrogen and oxygen atoms in total. The number of carboxylic acids is 1. The van der Waals surface area contributed by atoms with Crippen molar-refractivity contribution in [3.05, 3.63) is 12.2 Å². The summed E-state index contributed by atoms with van der Waals surface area (Å²) < 4.78 is 11.5. The van der Waals surface area contributed by atoms with Crippen LogP contribution in [0.2, 0.25) is 0 Å². The van der Waals surface area contributed by atoms with Gasteiger partial charge in [-0.25, -0.2) is 4.79 Å². The van der Waals surface area contributed by atoms with Crippen molar-refractivity contribution < 1.29 is 29.0 Å². The molecule has 1 aliphatic rings. The number of hydrogen-bond acceptors (Lipinski definition) is 6. The fraction of sp³-hybridized carbons (Fsp3) is 0.808. The molecule has 2 amide bonds. The van der Waals surface area contributed by atoms with Crippen LogP contribution >= 0.6 is 0 Å². The summed E-state index contributed by atoms with van der Waals surface area (Å²) in [6.45, 7) is 8.36. The predicted molar refractivity (Wildman–Crippen MR) is 136 cm³/mol. The number of carbonyl (C=O) groups is 3. The summed E-state index contributed by atoms with van der Waals surface area (Å²) in [6, 6.07) is -0.692. The van der Waals surface area contributed by atoms with Crippen molar-refractivity contribution in [1.29, 1.82) is 0 Å². The third-order valence-corrected chi connectivity index (χ3v) is 6.37. The average Bonchev–Trinajstić information content (AvgIpc) is 2.74. The topological polar surface area (TPSA) is 140 Å². The van der Waals surface area contributed by atoms with E-state index in [-0.39, 0.29) is 12.0 Å². The predicted octanol–water partition coefficient (Wildman–Crippen LogP) is 3.90. The molecule has 0 spiro atoms. The van der Waals surface area contributed by atoms with E-state index in [0.29, 0.717) is 39.0 Å². The standard InChI is InChI=1S/C26H47N3O6/c1-25(2,23(31)32)16-19-34-26(3,4)15-18-28-22(30)21(14-10-11-17-27)29-24(33)35-20-12-8-6-5-7-9-13-20/h5-6,20-21H,7-19,27H2,1-4H3,(H,28,30)(H,29,33)(H,31,32)/b6-5+/t20?,21-/m0/s1. The van der Waals surface area contributed by atoms with Gasteiger partial charge in [-0.15, -0.1) is 0 Å². The summed E-state index contributed by atoms with van der Waals surface area (Å²) in [5.74, 6) is -1.12. The highest BCUT2D eigenvalue weighted by molar-refractivity contribution is 5.85. The van der Waals surface area contributed by atoms with Crippen molar-refractivity contribution in [2.45, 2.75) is 110 Å². The van der Waals surface area contributed by atoms with E-state index >= 15 is 0 Å². The minimum absolute atomic E-state index is 0.142. The lowest BCUT2D eigenvalue weighted by Gasteiger charge is -2.28. The summed E-state index contributed by atoms with van der Waals surface area (Å²) in [5, 5.41) is 14.9. The molecule has 1 unspecified atom stereocenters. The smallest absolute Gasteiger partial charge is 0.408 e. The number of unbranched alkanes of at least 4 members (excludes halogenated alkanes) is 1. The van der Waals surface area contributed by atoms with E-state index in [9.17, 15) is 19.5 Å². The molecule has 0 heterocycles. The number of allylic oxidation sites excluding steroid dienone is 2. The number of nitrogens with two attached hydrogens (primary N) is 1. The van der Waals surface area contributed by atoms with Gasteiger partial charge in [0.05, 0.1) is 11.0 Å². The normalized spacial score (nSPS) is 18.6. The fourth-order valence-corrected chi connectivity index (χ4v) is 3.70. The molecular weight excluding hydrogens is 450 g/mol. The van der Waals surface area contributed by atoms with E-state index in [1.54, 1.807) is 13.8 Å². The van der Waals surface area contributed by atoms with Crippen LogP contribution in [0.3, 0.4) is 0 Å². The van der Waals surface area contributed by atoms with Crippen LogP contribution in [0.15, 0.2) is 12.2 Å². The number of aliphatic carboxylic acids is 1. The van der Waals surface area contributed by atoms with Crippen LogP contribution in [0.5, 0.6) is 0 Å². The van der Waals surface area contributed by atoms with E-state index in [2.05, 4.69) is 22.8 Å². The summed E-state index contributed by atoms with van der Waals surface area (Å²) in [7, 11) is 0. The van der Waals surface area contributed by atoms with E-state index in [1.165, 1.54) is 0 Å². The zero-order valence-corrected chi connectivity index (χ0v) is 22.1. The number of ether oxygens (including phenoxy) is 2. The van der Waals surface area contributed by atoms with Gasteiger partial charge in [-0.3, -0.25) is 9.59 Å². The third-order valence-electron chi connectivity index (χ3n) is 6.37. The van der Waals surface area contributed by atoms with Crippen LogP contribution in [0.25, 0.3) is 0 Å². The van der Waals surface area contributed by atoms with Gasteiger partial charge < -0.3 is 30.9 Å². The molecule has 1 rings (SSSR count). The van der Waals surface area contributed by atoms with E-state index in [4.69, 9.17) is 15.2 Å². The van der Waals surface area contributed by atoms with Crippen molar-refractivity contribution in [1.82, 2.24) is 10.6 Å². The molecule has 9 heteroatoms. The van der Waals surface area contributed by atoms with Crippen LogP contribution in [0.4, 0.5) is 4.79 Å². The second kappa shape index (κ2) is 15.8. The monoisotopic (exact) mass is 497 g/mol. The molecule has 1 aliphatic carbocycles. The molecule has 0 saturated carbocycles. The number of carboxylic acid groups (broad SMARTS) is 1. The van der Waals surface area contributed by atoms with Gasteiger partial charge in [-0.1, -0.05) is 12.2 Å². The summed E-state index contributed by atoms with van der Waals surface area (Å²) in [6.07, 6.45) is 10.9. The maximum Gasteiger partial charge on any atom is 0.408 e. The number of nitrogens with one attached hydrogen (secondary N) is 2. The van der Waals surface area contributed by atoms with Crippen LogP contribution in [-0.4, -0.2) is 60.5 Å². The molecule has 35 heavy (non-hydrogen) atoms. The Morgan fingerprint density at radius 3 is 2.49 bits per heavy atom. The number of carbonyl (C=O) groups excluding carboxylic acids is 2. The van der Waals surface area contributed by atoms with E-state index < -0.39 is 29.1 Å². The Balaban J connectivity index is 2.52. The van der Waals surface area contributed by atoms with Crippen molar-refractivity contribution >= 4 is 18.0 Å². The minimum atomic E-state index is -0.857. The number of amides is 2. The SMILES string of the molecule is CC(C)(CCNC(=O)[C@H](CCCCN)NC(=O)OC1CC/C=C/CCC1)OCCC(C)(C)C(=O)O. The maximum atomic E-state index is 12.8. The van der Waals surface area contributed by atoms with Gasteiger partial charge in [0.1, 0.15) is 12.1 Å². The van der Waals surface area contributed by atoms with Crippen LogP contribution < -0.4 is 16.4 Å². The summed E-state index contributed by atoms with van der Waals surface area (Å²) in [5.41, 5.74) is 4.21. The Hall–Kier alpha value is -2.13. The maximum absolute atomic E-state index is 12.8. The quantitative estimate of drug-likeness (QED) is 0.199. The highest BCUT2D eigenvalue weighted by atomic mass is 16.6. The molecule has 0 fully saturated rings. The molecule has 0 aliphatic heterocycles. The van der Waals surface area contributed by atoms with Crippen molar-refractivity contribution in [3.63, 3.8) is 0 Å². The second-order valence-electron chi connectivity index (χ2n) is 10.6. The zero-order valence-electron chi connectivity index (χ0n) is 22.1. The Morgan fingerprint density at radius 1 is 1.09 bits per heavy atom. The van der Waals surface area contributed by atoms with Crippen LogP contribution in [0.1, 0.15) is 91.9 Å². The van der Waals surface area contributed by atoms with Gasteiger partial charge in [-0.2, -0.15) is 0 Å². The molecule has 2 atom stereocenters. The van der Waals surface area contributed by atoms with Gasteiger partial charge in [0.25, 0.3) is 0 Å². The lowest BCUT2D eigenvalue weighted by atomic mass is 9.90. The number of alkyl carbamates (subject to hydrolysis) is 1. The van der Waals surface area contributed by atoms with Gasteiger partial charge in [-0.05, 0) is 98.4 Å². The molecule has 0 aromatic carbocycles. The molecule has 0 bridgehead atoms. The Bertz CT molecular complexity index is 693. The van der Waals surface area contributed by atoms with Crippen LogP contribution in [0, 0.1) is 5.41 Å². The first-order chi connectivity index (χ1) is 16.5. The Kier molecular flexibility index (Phi) is 13.9. The van der Waals surface area contributed by atoms with Gasteiger partial charge in [0.2, 0.25) is 5.91 Å². The van der Waals surface area contributed by atoms with Crippen LogP contribution in [-0.2, 0) is 19.1 Å². The van der Waals surface area contributed by atoms with Gasteiger partial charge in [0, 0.05) is 13.2 Å². The highest BCUT2D eigenvalue weighted by Gasteiger charge is 2.29. The fourth-order valence-electron chi connectivity index (χ4n) is 3.70. The van der Waals surface area contributed by atoms with Gasteiger partial charge >= 0.3 is 12.1 Å². The molecule has 0 aromatic rings. The largest absolute Gasteiger partial charge is 0.481 e. The molecule has 0 saturated heterocycles. The molecular formula is C26H47N3O6. The number of hydrogen-bond donors (Lipinski definition) is 4. The first kappa shape index (κ1) is 30.9. The average molecular weight is 498 g/mol. The highest BCUT2D eigenvalue weighted by Crippen LogP contribution is 2.23. The van der Waals surface area contributed by atoms with E-state index in [0.717, 1.165) is 44.9 Å². The van der Waals surface area contributed by atoms with Gasteiger partial charge in [0.15, 0.2) is 0 Å². The van der Waals surface area contributed by atoms with Crippen molar-refractivity contribution in [2.24, 2.45) is 11.1 Å². The van der Waals surface area contributed by atoms with Crippen molar-refractivity contribution in [2.75, 3.05) is 19.7 Å². The first-order valence-electron chi connectivity index (χ1n) is 12.9. The second-order valence-corrected chi connectivity index (χ2v) is 10.6. The lowest BCUT2D eigenvalue weighted by molar-refractivity contribution is -0.149. The lowest BCUT2D eigenvalue weighted by Crippen LogP contribution is -2.48. The third kappa shape index (κ3) is 13.5. The molecule has 202 valence electrons. The molecule has 0 aromatic heterocycles. The molecule has 5 N–H and O–H groups in total. The zero-order chi connectivity index (χ0) is 26.3. The first-order valence-corrected chi connectivity index (χ1v) is 12.9. The Morgan fingerprint density at radius 2 is 1.80 bits per heavy atom. The number of rotatable bonds is 15. The van der Waals surface area contributed by atoms with Crippen molar-refractivity contribution in [3.8, 4) is 0 Å². The summed E-state index contributed by atoms with van der Waals surface area (Å²) >= 11 is 0. The summed E-state index contributed by atoms with van der Waals surface area (Å²) in [4.78, 5) is 36.6.